The van der Waals surface area contributed by atoms with E-state index < -0.39 is 11.9 Å². The van der Waals surface area contributed by atoms with Crippen LogP contribution in [0.2, 0.25) is 0 Å². The van der Waals surface area contributed by atoms with Gasteiger partial charge < -0.3 is 9.63 Å². The molecule has 2 aromatic heterocycles. The molecule has 0 aromatic carbocycles. The van der Waals surface area contributed by atoms with Crippen LogP contribution >= 0.6 is 0 Å². The van der Waals surface area contributed by atoms with Crippen LogP contribution in [0.4, 0.5) is 0 Å². The smallest absolute Gasteiger partial charge is 0.307 e. The summed E-state index contributed by atoms with van der Waals surface area (Å²) < 4.78 is 5.31. The van der Waals surface area contributed by atoms with E-state index >= 15 is 0 Å². The molecule has 0 amide bonds. The molecule has 3 rings (SSSR count). The number of pyridine rings is 1. The summed E-state index contributed by atoms with van der Waals surface area (Å²) in [5, 5.41) is 13.3. The Kier molecular flexibility index (Phi) is 3.45. The van der Waals surface area contributed by atoms with Crippen molar-refractivity contribution in [3.63, 3.8) is 0 Å². The summed E-state index contributed by atoms with van der Waals surface area (Å²) in [4.78, 5) is 19.9. The van der Waals surface area contributed by atoms with Crippen LogP contribution in [0.3, 0.4) is 0 Å². The Morgan fingerprint density at radius 1 is 1.43 bits per heavy atom. The van der Waals surface area contributed by atoms with Crippen molar-refractivity contribution in [1.82, 2.24) is 15.1 Å². The zero-order valence-corrected chi connectivity index (χ0v) is 12.0. The molecule has 1 N–H and O–H groups in total. The fourth-order valence-corrected chi connectivity index (χ4v) is 2.99. The maximum atomic E-state index is 11.4. The van der Waals surface area contributed by atoms with E-state index in [9.17, 15) is 9.90 Å². The van der Waals surface area contributed by atoms with Gasteiger partial charge in [0.05, 0.1) is 11.8 Å². The molecule has 0 spiro atoms. The number of carboxylic acids is 1. The van der Waals surface area contributed by atoms with E-state index in [-0.39, 0.29) is 5.92 Å². The van der Waals surface area contributed by atoms with Crippen molar-refractivity contribution in [3.05, 3.63) is 29.8 Å². The number of carbonyl (C=O) groups is 1. The minimum Gasteiger partial charge on any atom is -0.481 e. The van der Waals surface area contributed by atoms with E-state index in [0.717, 1.165) is 12.0 Å². The van der Waals surface area contributed by atoms with Crippen LogP contribution in [0.5, 0.6) is 0 Å². The van der Waals surface area contributed by atoms with Crippen LogP contribution < -0.4 is 0 Å². The number of aromatic nitrogens is 3. The molecule has 1 aliphatic rings. The molecule has 0 bridgehead atoms. The Bertz CT molecular complexity index is 668. The first kappa shape index (κ1) is 13.7. The topological polar surface area (TPSA) is 89.1 Å². The van der Waals surface area contributed by atoms with Gasteiger partial charge in [0.2, 0.25) is 11.7 Å². The number of aryl methyl sites for hydroxylation is 1. The van der Waals surface area contributed by atoms with Crippen molar-refractivity contribution in [2.24, 2.45) is 11.8 Å². The first-order valence-electron chi connectivity index (χ1n) is 7.04. The number of hydrogen-bond donors (Lipinski definition) is 1. The lowest BCUT2D eigenvalue weighted by atomic mass is 9.96. The van der Waals surface area contributed by atoms with Crippen LogP contribution in [0.25, 0.3) is 11.5 Å². The van der Waals surface area contributed by atoms with Gasteiger partial charge in [-0.25, -0.2) is 0 Å². The van der Waals surface area contributed by atoms with E-state index in [4.69, 9.17) is 4.52 Å². The normalized spacial score (nSPS) is 25.1. The number of carboxylic acid groups (broad SMARTS) is 1. The summed E-state index contributed by atoms with van der Waals surface area (Å²) in [6, 6.07) is 3.77. The van der Waals surface area contributed by atoms with Crippen LogP contribution in [0.15, 0.2) is 22.9 Å². The average Bonchev–Trinajstić information content (AvgIpc) is 3.04. The van der Waals surface area contributed by atoms with Crippen molar-refractivity contribution in [1.29, 1.82) is 0 Å². The Labute approximate surface area is 122 Å². The molecule has 110 valence electrons. The number of aliphatic carboxylic acids is 1. The maximum Gasteiger partial charge on any atom is 0.307 e. The fraction of sp³-hybridized carbons (Fsp3) is 0.467. The van der Waals surface area contributed by atoms with E-state index in [1.165, 1.54) is 0 Å². The van der Waals surface area contributed by atoms with E-state index in [1.54, 1.807) is 6.20 Å². The first-order chi connectivity index (χ1) is 10.0. The predicted octanol–water partition coefficient (Wildman–Crippen LogP) is 2.65. The fourth-order valence-electron chi connectivity index (χ4n) is 2.99. The van der Waals surface area contributed by atoms with Gasteiger partial charge in [0.15, 0.2) is 0 Å². The van der Waals surface area contributed by atoms with Crippen molar-refractivity contribution >= 4 is 5.97 Å². The summed E-state index contributed by atoms with van der Waals surface area (Å²) in [5.41, 5.74) is 1.70. The third-order valence-electron chi connectivity index (χ3n) is 4.02. The van der Waals surface area contributed by atoms with Gasteiger partial charge in [-0.05, 0) is 43.4 Å². The maximum absolute atomic E-state index is 11.4. The summed E-state index contributed by atoms with van der Waals surface area (Å²) in [6.45, 7) is 4.01. The molecule has 1 aliphatic carbocycles. The third kappa shape index (κ3) is 2.66. The zero-order chi connectivity index (χ0) is 15.0. The molecule has 3 unspecified atom stereocenters. The number of rotatable bonds is 3. The van der Waals surface area contributed by atoms with Gasteiger partial charge in [0.25, 0.3) is 0 Å². The summed E-state index contributed by atoms with van der Waals surface area (Å²) in [5.74, 6) is -0.272. The molecule has 1 saturated carbocycles. The monoisotopic (exact) mass is 287 g/mol. The minimum absolute atomic E-state index is 0.205. The van der Waals surface area contributed by atoms with Crippen molar-refractivity contribution in [2.45, 2.75) is 32.6 Å². The lowest BCUT2D eigenvalue weighted by Gasteiger charge is -2.09. The first-order valence-corrected chi connectivity index (χ1v) is 7.04. The average molecular weight is 287 g/mol. The Morgan fingerprint density at radius 3 is 2.95 bits per heavy atom. The highest BCUT2D eigenvalue weighted by atomic mass is 16.5. The van der Waals surface area contributed by atoms with Gasteiger partial charge in [-0.1, -0.05) is 12.1 Å². The molecular formula is C15H17N3O3. The van der Waals surface area contributed by atoms with E-state index in [2.05, 4.69) is 22.0 Å². The van der Waals surface area contributed by atoms with Gasteiger partial charge in [-0.15, -0.1) is 0 Å². The second kappa shape index (κ2) is 5.27. The van der Waals surface area contributed by atoms with Gasteiger partial charge in [-0.2, -0.15) is 4.98 Å². The molecule has 0 aliphatic heterocycles. The van der Waals surface area contributed by atoms with Crippen LogP contribution in [-0.4, -0.2) is 26.2 Å². The second-order valence-corrected chi connectivity index (χ2v) is 5.80. The quantitative estimate of drug-likeness (QED) is 0.933. The van der Waals surface area contributed by atoms with Gasteiger partial charge in [-0.3, -0.25) is 9.78 Å². The van der Waals surface area contributed by atoms with E-state index in [0.29, 0.717) is 29.7 Å². The summed E-state index contributed by atoms with van der Waals surface area (Å²) in [7, 11) is 0. The highest BCUT2D eigenvalue weighted by Gasteiger charge is 2.41. The molecule has 3 atom stereocenters. The molecular weight excluding hydrogens is 270 g/mol. The summed E-state index contributed by atoms with van der Waals surface area (Å²) >= 11 is 0. The van der Waals surface area contributed by atoms with Crippen molar-refractivity contribution < 1.29 is 14.4 Å². The van der Waals surface area contributed by atoms with Crippen LogP contribution in [-0.2, 0) is 4.79 Å². The van der Waals surface area contributed by atoms with E-state index in [1.807, 2.05) is 19.1 Å². The Morgan fingerprint density at radius 2 is 2.24 bits per heavy atom. The zero-order valence-electron chi connectivity index (χ0n) is 12.0. The molecule has 2 heterocycles. The molecule has 2 aromatic rings. The molecule has 21 heavy (non-hydrogen) atoms. The molecule has 0 radical (unpaired) electrons. The largest absolute Gasteiger partial charge is 0.481 e. The predicted molar refractivity (Wildman–Crippen MR) is 74.5 cm³/mol. The van der Waals surface area contributed by atoms with Crippen LogP contribution in [0, 0.1) is 18.8 Å². The van der Waals surface area contributed by atoms with Crippen LogP contribution in [0.1, 0.15) is 37.1 Å². The highest BCUT2D eigenvalue weighted by molar-refractivity contribution is 5.71. The lowest BCUT2D eigenvalue weighted by Crippen LogP contribution is -2.17. The van der Waals surface area contributed by atoms with Crippen molar-refractivity contribution in [2.75, 3.05) is 0 Å². The SMILES string of the molecule is Cc1ccnc(-c2noc(C3CC(C)CC3C(=O)O)n2)c1. The van der Waals surface area contributed by atoms with Gasteiger partial charge >= 0.3 is 5.97 Å². The van der Waals surface area contributed by atoms with Gasteiger partial charge in [0.1, 0.15) is 5.69 Å². The number of hydrogen-bond acceptors (Lipinski definition) is 5. The Hall–Kier alpha value is -2.24. The third-order valence-corrected chi connectivity index (χ3v) is 4.02. The standard InChI is InChI=1S/C15H17N3O3/c1-8-3-4-16-12(7-8)13-17-14(21-18-13)10-5-9(2)6-11(10)15(19)20/h3-4,7,9-11H,5-6H2,1-2H3,(H,19,20). The summed E-state index contributed by atoms with van der Waals surface area (Å²) in [6.07, 6.45) is 3.11. The minimum atomic E-state index is -0.794. The van der Waals surface area contributed by atoms with Crippen molar-refractivity contribution in [3.8, 4) is 11.5 Å². The Balaban J connectivity index is 1.89. The number of nitrogens with zero attached hydrogens (tertiary/aromatic N) is 3. The highest BCUT2D eigenvalue weighted by Crippen LogP contribution is 2.42. The lowest BCUT2D eigenvalue weighted by molar-refractivity contribution is -0.142. The second-order valence-electron chi connectivity index (χ2n) is 5.80. The molecule has 0 saturated heterocycles. The molecule has 6 heteroatoms. The molecule has 1 fully saturated rings. The van der Waals surface area contributed by atoms with Gasteiger partial charge in [0, 0.05) is 6.20 Å². The molecule has 6 nitrogen and oxygen atoms in total.